The van der Waals surface area contributed by atoms with Gasteiger partial charge in [0.2, 0.25) is 0 Å². The fourth-order valence-corrected chi connectivity index (χ4v) is 11.8. The summed E-state index contributed by atoms with van der Waals surface area (Å²) in [6, 6.07) is 40.3. The number of halogens is 15. The molecule has 1 atom stereocenters. The van der Waals surface area contributed by atoms with Gasteiger partial charge in [0, 0.05) is 34.7 Å². The smallest absolute Gasteiger partial charge is 0.338 e. The number of esters is 6. The average molecular weight is 1900 g/mol. The number of carbonyl (C=O) groups is 9. The van der Waals surface area contributed by atoms with Gasteiger partial charge in [-0.1, -0.05) is 123 Å². The normalized spacial score (nSPS) is 10.4. The van der Waals surface area contributed by atoms with Gasteiger partial charge in [-0.2, -0.15) is 0 Å². The first-order valence-corrected chi connectivity index (χ1v) is 38.1. The molecule has 12 rings (SSSR count). The molecule has 0 aliphatic rings. The molecule has 7 aromatic heterocycles. The summed E-state index contributed by atoms with van der Waals surface area (Å²) in [6.07, 6.45) is 1.17. The van der Waals surface area contributed by atoms with Crippen LogP contribution in [0.25, 0.3) is 62.4 Å². The Hall–Kier alpha value is -12.0. The van der Waals surface area contributed by atoms with Crippen molar-refractivity contribution in [3.63, 3.8) is 0 Å². The minimum absolute atomic E-state index is 0.00655. The van der Waals surface area contributed by atoms with Crippen molar-refractivity contribution in [1.29, 1.82) is 0 Å². The lowest BCUT2D eigenvalue weighted by Gasteiger charge is -2.10. The van der Waals surface area contributed by atoms with Gasteiger partial charge in [-0.15, -0.1) is 0 Å². The highest BCUT2D eigenvalue weighted by atomic mass is 35.5. The maximum Gasteiger partial charge on any atom is 0.338 e. The Morgan fingerprint density at radius 1 is 0.339 bits per heavy atom. The van der Waals surface area contributed by atoms with Crippen LogP contribution in [-0.2, 0) is 28.4 Å². The summed E-state index contributed by atoms with van der Waals surface area (Å²) < 4.78 is 93.5. The summed E-state index contributed by atoms with van der Waals surface area (Å²) in [5.41, 5.74) is 7.22. The number of Topliss-reactive ketones (excluding diaryl/α,β-unsaturated/α-hetero) is 1. The maximum atomic E-state index is 13.2. The number of carboxylic acid groups (broad SMARTS) is 1. The van der Waals surface area contributed by atoms with E-state index in [0.717, 1.165) is 0 Å². The molecule has 0 amide bonds. The van der Waals surface area contributed by atoms with E-state index in [9.17, 15) is 70.2 Å². The van der Waals surface area contributed by atoms with Gasteiger partial charge in [0.15, 0.2) is 12.1 Å². The van der Waals surface area contributed by atoms with Crippen LogP contribution in [0.15, 0.2) is 183 Å². The number of methoxy groups -OCH3 is 6. The van der Waals surface area contributed by atoms with Crippen molar-refractivity contribution in [2.45, 2.75) is 20.0 Å². The van der Waals surface area contributed by atoms with Crippen molar-refractivity contribution in [2.24, 2.45) is 0 Å². The number of ether oxygens (including phenoxy) is 6. The summed E-state index contributed by atoms with van der Waals surface area (Å²) in [5, 5.41) is 18.6. The number of hydrogen-bond donors (Lipinski definition) is 2. The number of carbonyl (C=O) groups excluding carboxylic acids is 8. The molecule has 12 aromatic rings. The van der Waals surface area contributed by atoms with E-state index in [1.165, 1.54) is 226 Å². The summed E-state index contributed by atoms with van der Waals surface area (Å²) in [5.74, 6) is -7.29. The second-order valence-electron chi connectivity index (χ2n) is 24.1. The first-order valence-electron chi connectivity index (χ1n) is 34.4. The van der Waals surface area contributed by atoms with Gasteiger partial charge in [-0.05, 0) is 189 Å². The van der Waals surface area contributed by atoms with Gasteiger partial charge in [-0.3, -0.25) is 14.6 Å². The van der Waals surface area contributed by atoms with Crippen LogP contribution >= 0.6 is 116 Å². The minimum atomic E-state index is -1.07. The molecule has 2 N–H and O–H groups in total. The number of aromatic carboxylic acids is 1. The fraction of sp³-hybridized carbons (Fsp3) is 0.106. The number of benzene rings is 5. The van der Waals surface area contributed by atoms with Gasteiger partial charge >= 0.3 is 41.8 Å². The van der Waals surface area contributed by atoms with Gasteiger partial charge in [-0.25, -0.2) is 85.4 Å². The third-order valence-corrected chi connectivity index (χ3v) is 18.1. The van der Waals surface area contributed by atoms with Crippen LogP contribution in [0.2, 0.25) is 50.9 Å². The highest BCUT2D eigenvalue weighted by molar-refractivity contribution is 6.35. The van der Waals surface area contributed by atoms with Crippen molar-refractivity contribution in [3.05, 3.63) is 324 Å². The molecule has 39 heteroatoms. The zero-order chi connectivity index (χ0) is 92.1. The number of carboxylic acids is 1. The Kier molecular flexibility index (Phi) is 39.2. The average Bonchev–Trinajstić information content (AvgIpc) is 0.822. The van der Waals surface area contributed by atoms with Gasteiger partial charge in [0.1, 0.15) is 66.2 Å². The monoisotopic (exact) mass is 1900 g/mol. The van der Waals surface area contributed by atoms with Crippen LogP contribution in [0.4, 0.5) is 22.0 Å². The Morgan fingerprint density at radius 2 is 0.589 bits per heavy atom. The summed E-state index contributed by atoms with van der Waals surface area (Å²) in [7, 11) is 7.59. The molecule has 1 unspecified atom stereocenters. The van der Waals surface area contributed by atoms with Crippen LogP contribution < -0.4 is 0 Å². The lowest BCUT2D eigenvalue weighted by atomic mass is 10.1. The van der Waals surface area contributed by atoms with Gasteiger partial charge < -0.3 is 38.6 Å². The Morgan fingerprint density at radius 3 is 0.871 bits per heavy atom. The van der Waals surface area contributed by atoms with E-state index in [1.807, 2.05) is 0 Å². The number of aldehydes is 1. The van der Waals surface area contributed by atoms with E-state index >= 15 is 0 Å². The third kappa shape index (κ3) is 29.9. The van der Waals surface area contributed by atoms with Gasteiger partial charge in [0.25, 0.3) is 0 Å². The molecule has 7 heterocycles. The van der Waals surface area contributed by atoms with Gasteiger partial charge in [0.05, 0.1) is 153 Å². The van der Waals surface area contributed by atoms with E-state index in [1.54, 1.807) is 12.1 Å². The molecule has 0 aliphatic carbocycles. The molecule has 124 heavy (non-hydrogen) atoms. The SMILES string of the molecule is C=Cc1cc(C(=O)OC)cc(-c2ccc(F)c(Cl)c2)n1.COC(=O)c1cc(-c2ccc(F)c(Cl)c2)nc(C(C)O)c1.COC(=O)c1cc(C(C)=O)nc(-c2ccc(F)c(Cl)c2)c1.COC(=O)c1cc(C=O)nc(-c2ccc(F)c(Cl)c2)c1.COC(=O)c1cc(Cl)nc(-c2ccc(F)c(Cl)c2)c1.COC(=O)c1cc(Cl)nc(Cl)c1.O=C(O)c1cc(Cl)nc(Cl)c1. The van der Waals surface area contributed by atoms with E-state index in [0.29, 0.717) is 85.1 Å². The molecule has 0 radical (unpaired) electrons. The van der Waals surface area contributed by atoms with E-state index in [-0.39, 0.29) is 95.9 Å². The van der Waals surface area contributed by atoms with Crippen LogP contribution in [0.1, 0.15) is 125 Å². The van der Waals surface area contributed by atoms with Crippen molar-refractivity contribution < 1.29 is 104 Å². The van der Waals surface area contributed by atoms with Crippen LogP contribution in [0.3, 0.4) is 0 Å². The minimum Gasteiger partial charge on any atom is -0.478 e. The molecule has 5 aromatic carbocycles. The highest BCUT2D eigenvalue weighted by Gasteiger charge is 2.21. The standard InChI is InChI=1S/C15H13ClFNO3.C15H11ClFNO3.C15H11ClFNO2.C14H9ClFNO3.C13H8Cl2FNO2.C7H5Cl2NO2.C6H3Cl2NO2/c2*1-8(19)13-6-10(15(20)21-2)7-14(18-13)9-3-4-12(17)11(16)5-9;1-3-11-6-10(15(19)20-2)8-14(18-11)9-4-5-13(17)12(16)7-9;1-20-14(19)9-4-10(7-18)17-13(6-9)8-2-3-12(16)11(15)5-8;1-19-13(18)8-5-11(17-12(15)6-8)7-2-3-10(16)9(14)4-7;1-12-7(11)4-2-5(8)10-6(9)3-4;7-4-1-3(6(10)11)2-5(8)9-4/h3-8,19H,1-2H3;3-7H,1-2H3;3-8H,1H2,2H3;2-7H,1H3;2-6H,1H3;2-3H,1H3;1-2H,(H,10,11). The molecular weight excluding hydrogens is 1840 g/mol. The predicted octanol–water partition coefficient (Wildman–Crippen LogP) is 22.3. The first-order chi connectivity index (χ1) is 58.7. The van der Waals surface area contributed by atoms with Crippen molar-refractivity contribution in [2.75, 3.05) is 42.7 Å². The second-order valence-corrected chi connectivity index (χ2v) is 28.1. The number of rotatable bonds is 16. The molecular formula is C85H60Cl10F5N7O17. The van der Waals surface area contributed by atoms with E-state index in [2.05, 4.69) is 69.9 Å². The molecule has 0 saturated carbocycles. The molecule has 0 spiro atoms. The fourth-order valence-electron chi connectivity index (χ4n) is 9.73. The summed E-state index contributed by atoms with van der Waals surface area (Å²) in [4.78, 5) is 130. The topological polar surface area (TPSA) is 340 Å². The van der Waals surface area contributed by atoms with Crippen LogP contribution in [0.5, 0.6) is 0 Å². The number of hydrogen-bond acceptors (Lipinski definition) is 23. The number of aliphatic hydroxyl groups is 1. The number of aromatic nitrogens is 7. The highest BCUT2D eigenvalue weighted by Crippen LogP contribution is 2.32. The molecule has 0 bridgehead atoms. The zero-order valence-electron chi connectivity index (χ0n) is 65.0. The maximum absolute atomic E-state index is 13.2. The summed E-state index contributed by atoms with van der Waals surface area (Å²) in [6.45, 7) is 6.49. The molecule has 0 fully saturated rings. The predicted molar refractivity (Wildman–Crippen MR) is 458 cm³/mol. The number of ketones is 1. The second kappa shape index (κ2) is 48.2. The molecule has 642 valence electrons. The lowest BCUT2D eigenvalue weighted by molar-refractivity contribution is 0.0591. The van der Waals surface area contributed by atoms with Crippen molar-refractivity contribution in [1.82, 2.24) is 34.9 Å². The van der Waals surface area contributed by atoms with Crippen LogP contribution in [-0.4, -0.2) is 142 Å². The summed E-state index contributed by atoms with van der Waals surface area (Å²) >= 11 is 56.5. The van der Waals surface area contributed by atoms with Crippen LogP contribution in [0, 0.1) is 29.1 Å². The Balaban J connectivity index is 0.000000226. The third-order valence-electron chi connectivity index (χ3n) is 15.6. The Bertz CT molecular complexity index is 5890. The first kappa shape index (κ1) is 101. The number of aliphatic hydroxyl groups excluding tert-OH is 1. The van der Waals surface area contributed by atoms with Crippen molar-refractivity contribution >= 4 is 176 Å². The number of nitrogens with zero attached hydrogens (tertiary/aromatic N) is 7. The Labute approximate surface area is 752 Å². The lowest BCUT2D eigenvalue weighted by Crippen LogP contribution is -2.06. The quantitative estimate of drug-likeness (QED) is 0.0227. The number of pyridine rings is 7. The molecule has 0 saturated heterocycles. The van der Waals surface area contributed by atoms with E-state index < -0.39 is 77.0 Å². The van der Waals surface area contributed by atoms with Crippen molar-refractivity contribution in [3.8, 4) is 56.3 Å². The van der Waals surface area contributed by atoms with E-state index in [4.69, 9.17) is 121 Å². The zero-order valence-corrected chi connectivity index (χ0v) is 72.6. The molecule has 0 aliphatic heterocycles. The molecule has 24 nitrogen and oxygen atoms in total. The largest absolute Gasteiger partial charge is 0.478 e.